The average molecular weight is 374 g/mol. The number of hydrogen-bond donors (Lipinski definition) is 1. The van der Waals surface area contributed by atoms with Gasteiger partial charge in [-0.25, -0.2) is 4.98 Å². The summed E-state index contributed by atoms with van der Waals surface area (Å²) in [5.74, 6) is 0.650. The minimum atomic E-state index is -0.111. The Bertz CT molecular complexity index is 658. The second-order valence-corrected chi connectivity index (χ2v) is 6.34. The smallest absolute Gasteiger partial charge is 0.255 e. The molecular formula is C17H25Cl2N3O2. The zero-order chi connectivity index (χ0) is 16.3. The molecule has 0 fully saturated rings. The predicted octanol–water partition coefficient (Wildman–Crippen LogP) is 3.55. The minimum Gasteiger partial charge on any atom is -0.463 e. The first-order chi connectivity index (χ1) is 10.3. The minimum absolute atomic E-state index is 0. The zero-order valence-corrected chi connectivity index (χ0v) is 16.0. The van der Waals surface area contributed by atoms with Gasteiger partial charge in [0.25, 0.3) is 5.91 Å². The molecule has 2 N–H and O–H groups in total. The van der Waals surface area contributed by atoms with Crippen molar-refractivity contribution in [3.63, 3.8) is 0 Å². The van der Waals surface area contributed by atoms with Gasteiger partial charge in [0.05, 0.1) is 17.5 Å². The molecule has 24 heavy (non-hydrogen) atoms. The van der Waals surface area contributed by atoms with Crippen molar-refractivity contribution in [3.8, 4) is 11.5 Å². The highest BCUT2D eigenvalue weighted by atomic mass is 35.5. The number of aromatic nitrogens is 1. The number of rotatable bonds is 5. The lowest BCUT2D eigenvalue weighted by Crippen LogP contribution is -2.40. The second-order valence-electron chi connectivity index (χ2n) is 6.34. The predicted molar refractivity (Wildman–Crippen MR) is 101 cm³/mol. The standard InChI is InChI=1S/C17H23N3O2.2ClH/c1-12-13(16(21)20(4)11-17(2,3)10-18)7-8-14(19-12)15-6-5-9-22-15;;/h5-9H,10-11,18H2,1-4H3;2*1H. The van der Waals surface area contributed by atoms with Gasteiger partial charge in [-0.05, 0) is 43.1 Å². The maximum absolute atomic E-state index is 12.6. The van der Waals surface area contributed by atoms with E-state index in [1.54, 1.807) is 30.3 Å². The quantitative estimate of drug-likeness (QED) is 0.869. The molecule has 1 amide bonds. The maximum atomic E-state index is 12.6. The van der Waals surface area contributed by atoms with Crippen LogP contribution in [0.2, 0.25) is 0 Å². The van der Waals surface area contributed by atoms with Gasteiger partial charge in [0.15, 0.2) is 5.76 Å². The van der Waals surface area contributed by atoms with Gasteiger partial charge in [-0.15, -0.1) is 24.8 Å². The maximum Gasteiger partial charge on any atom is 0.255 e. The number of carbonyl (C=O) groups is 1. The summed E-state index contributed by atoms with van der Waals surface area (Å²) in [5, 5.41) is 0. The molecule has 0 atom stereocenters. The van der Waals surface area contributed by atoms with E-state index in [0.29, 0.717) is 30.1 Å². The van der Waals surface area contributed by atoms with Gasteiger partial charge >= 0.3 is 0 Å². The summed E-state index contributed by atoms with van der Waals surface area (Å²) in [4.78, 5) is 18.7. The van der Waals surface area contributed by atoms with Gasteiger partial charge in [0.2, 0.25) is 0 Å². The van der Waals surface area contributed by atoms with Gasteiger partial charge in [0.1, 0.15) is 5.69 Å². The number of nitrogens with two attached hydrogens (primary N) is 1. The molecule has 0 saturated carbocycles. The van der Waals surface area contributed by atoms with E-state index in [1.807, 2.05) is 32.9 Å². The van der Waals surface area contributed by atoms with Gasteiger partial charge in [0, 0.05) is 13.6 Å². The molecule has 5 nitrogen and oxygen atoms in total. The molecule has 0 spiro atoms. The van der Waals surface area contributed by atoms with E-state index < -0.39 is 0 Å². The second kappa shape index (κ2) is 9.06. The van der Waals surface area contributed by atoms with Crippen LogP contribution in [0.3, 0.4) is 0 Å². The van der Waals surface area contributed by atoms with E-state index in [-0.39, 0.29) is 36.1 Å². The summed E-state index contributed by atoms with van der Waals surface area (Å²) in [5.41, 5.74) is 7.64. The highest BCUT2D eigenvalue weighted by Crippen LogP contribution is 2.21. The van der Waals surface area contributed by atoms with Crippen molar-refractivity contribution in [2.24, 2.45) is 11.1 Å². The summed E-state index contributed by atoms with van der Waals surface area (Å²) < 4.78 is 5.33. The third-order valence-corrected chi connectivity index (χ3v) is 3.65. The largest absolute Gasteiger partial charge is 0.463 e. The van der Waals surface area contributed by atoms with Gasteiger partial charge in [-0.1, -0.05) is 13.8 Å². The van der Waals surface area contributed by atoms with Crippen LogP contribution in [0, 0.1) is 12.3 Å². The molecule has 7 heteroatoms. The first kappa shape index (κ1) is 22.4. The van der Waals surface area contributed by atoms with E-state index in [0.717, 1.165) is 5.69 Å². The molecule has 2 rings (SSSR count). The van der Waals surface area contributed by atoms with Crippen LogP contribution in [0.1, 0.15) is 29.9 Å². The zero-order valence-electron chi connectivity index (χ0n) is 14.4. The third-order valence-electron chi connectivity index (χ3n) is 3.65. The van der Waals surface area contributed by atoms with Crippen LogP contribution in [0.25, 0.3) is 11.5 Å². The third kappa shape index (κ3) is 5.23. The van der Waals surface area contributed by atoms with Crippen LogP contribution in [-0.4, -0.2) is 35.9 Å². The van der Waals surface area contributed by atoms with Crippen LogP contribution >= 0.6 is 24.8 Å². The lowest BCUT2D eigenvalue weighted by Gasteiger charge is -2.29. The first-order valence-corrected chi connectivity index (χ1v) is 7.31. The van der Waals surface area contributed by atoms with E-state index >= 15 is 0 Å². The van der Waals surface area contributed by atoms with Crippen molar-refractivity contribution in [2.45, 2.75) is 20.8 Å². The highest BCUT2D eigenvalue weighted by molar-refractivity contribution is 5.95. The lowest BCUT2D eigenvalue weighted by atomic mass is 9.93. The Kier molecular flexibility index (Phi) is 8.47. The Morgan fingerprint density at radius 1 is 1.29 bits per heavy atom. The van der Waals surface area contributed by atoms with Crippen molar-refractivity contribution < 1.29 is 9.21 Å². The lowest BCUT2D eigenvalue weighted by molar-refractivity contribution is 0.0739. The van der Waals surface area contributed by atoms with Crippen LogP contribution in [0.4, 0.5) is 0 Å². The summed E-state index contributed by atoms with van der Waals surface area (Å²) in [6.45, 7) is 7.05. The molecule has 0 aliphatic heterocycles. The normalized spacial score (nSPS) is 10.5. The van der Waals surface area contributed by atoms with Crippen LogP contribution in [0.15, 0.2) is 34.9 Å². The number of aryl methyl sites for hydroxylation is 1. The Morgan fingerprint density at radius 2 is 1.96 bits per heavy atom. The summed E-state index contributed by atoms with van der Waals surface area (Å²) in [6, 6.07) is 7.27. The SMILES string of the molecule is Cc1nc(-c2ccco2)ccc1C(=O)N(C)CC(C)(C)CN.Cl.Cl. The molecule has 0 aromatic carbocycles. The van der Waals surface area contributed by atoms with E-state index in [9.17, 15) is 4.79 Å². The molecule has 0 saturated heterocycles. The monoisotopic (exact) mass is 373 g/mol. The highest BCUT2D eigenvalue weighted by Gasteiger charge is 2.23. The average Bonchev–Trinajstić information content (AvgIpc) is 3.00. The molecule has 0 aliphatic carbocycles. The van der Waals surface area contributed by atoms with Crippen molar-refractivity contribution in [3.05, 3.63) is 41.8 Å². The Balaban J connectivity index is 0.00000264. The van der Waals surface area contributed by atoms with Crippen molar-refractivity contribution in [1.29, 1.82) is 0 Å². The van der Waals surface area contributed by atoms with Crippen LogP contribution in [0.5, 0.6) is 0 Å². The molecule has 2 aromatic heterocycles. The summed E-state index contributed by atoms with van der Waals surface area (Å²) >= 11 is 0. The summed E-state index contributed by atoms with van der Waals surface area (Å²) in [7, 11) is 1.79. The summed E-state index contributed by atoms with van der Waals surface area (Å²) in [6.07, 6.45) is 1.61. The number of pyridine rings is 1. The Hall–Kier alpha value is -1.56. The van der Waals surface area contributed by atoms with Crippen molar-refractivity contribution in [1.82, 2.24) is 9.88 Å². The van der Waals surface area contributed by atoms with Crippen LogP contribution in [-0.2, 0) is 0 Å². The molecule has 0 aliphatic rings. The van der Waals surface area contributed by atoms with Gasteiger partial charge < -0.3 is 15.1 Å². The Morgan fingerprint density at radius 3 is 2.46 bits per heavy atom. The topological polar surface area (TPSA) is 72.4 Å². The van der Waals surface area contributed by atoms with Crippen molar-refractivity contribution >= 4 is 30.7 Å². The number of amides is 1. The molecular weight excluding hydrogens is 349 g/mol. The first-order valence-electron chi connectivity index (χ1n) is 7.31. The van der Waals surface area contributed by atoms with E-state index in [4.69, 9.17) is 10.2 Å². The van der Waals surface area contributed by atoms with Gasteiger partial charge in [-0.3, -0.25) is 4.79 Å². The molecule has 134 valence electrons. The molecule has 0 radical (unpaired) electrons. The number of carbonyl (C=O) groups excluding carboxylic acids is 1. The van der Waals surface area contributed by atoms with E-state index in [1.165, 1.54) is 0 Å². The fourth-order valence-electron chi connectivity index (χ4n) is 2.33. The Labute approximate surface area is 155 Å². The molecule has 2 aromatic rings. The number of halogens is 2. The number of nitrogens with zero attached hydrogens (tertiary/aromatic N) is 2. The van der Waals surface area contributed by atoms with Crippen LogP contribution < -0.4 is 5.73 Å². The number of furan rings is 1. The fraction of sp³-hybridized carbons (Fsp3) is 0.412. The molecule has 2 heterocycles. The fourth-order valence-corrected chi connectivity index (χ4v) is 2.33. The number of hydrogen-bond acceptors (Lipinski definition) is 4. The molecule has 0 bridgehead atoms. The van der Waals surface area contributed by atoms with E-state index in [2.05, 4.69) is 4.98 Å². The van der Waals surface area contributed by atoms with Gasteiger partial charge in [-0.2, -0.15) is 0 Å². The molecule has 0 unspecified atom stereocenters. The van der Waals surface area contributed by atoms with Crippen molar-refractivity contribution in [2.75, 3.05) is 20.1 Å².